The van der Waals surface area contributed by atoms with Gasteiger partial charge in [-0.15, -0.1) is 0 Å². The molecule has 0 aliphatic heterocycles. The van der Waals surface area contributed by atoms with E-state index in [0.29, 0.717) is 6.42 Å². The fourth-order valence-corrected chi connectivity index (χ4v) is 1.08. The van der Waals surface area contributed by atoms with Crippen molar-refractivity contribution in [1.29, 1.82) is 0 Å². The highest BCUT2D eigenvalue weighted by atomic mass is 19.4. The zero-order valence-corrected chi connectivity index (χ0v) is 7.51. The monoisotopic (exact) mass is 209 g/mol. The zero-order valence-electron chi connectivity index (χ0n) is 7.51. The third-order valence-corrected chi connectivity index (χ3v) is 1.77. The molecule has 14 heavy (non-hydrogen) atoms. The summed E-state index contributed by atoms with van der Waals surface area (Å²) in [6.07, 6.45) is -5.21. The summed E-state index contributed by atoms with van der Waals surface area (Å²) in [7, 11) is 0. The Morgan fingerprint density at radius 2 is 2.21 bits per heavy atom. The van der Waals surface area contributed by atoms with Gasteiger partial charge in [-0.3, -0.25) is 0 Å². The van der Waals surface area contributed by atoms with Crippen LogP contribution in [0.4, 0.5) is 13.2 Å². The van der Waals surface area contributed by atoms with Crippen LogP contribution in [-0.2, 0) is 6.42 Å². The number of hydrogen-bond acceptors (Lipinski definition) is 3. The Kier molecular flexibility index (Phi) is 3.15. The Morgan fingerprint density at radius 1 is 1.57 bits per heavy atom. The van der Waals surface area contributed by atoms with Gasteiger partial charge in [-0.05, 0) is 6.42 Å². The summed E-state index contributed by atoms with van der Waals surface area (Å²) < 4.78 is 40.5. The van der Waals surface area contributed by atoms with Crippen LogP contribution in [0.2, 0.25) is 0 Å². The lowest BCUT2D eigenvalue weighted by molar-refractivity contribution is -0.127. The highest BCUT2D eigenvalue weighted by molar-refractivity contribution is 5.18. The van der Waals surface area contributed by atoms with E-state index in [1.807, 2.05) is 0 Å². The molecule has 1 rings (SSSR count). The van der Waals surface area contributed by atoms with E-state index in [-0.39, 0.29) is 11.3 Å². The van der Waals surface area contributed by atoms with Crippen molar-refractivity contribution in [1.82, 2.24) is 5.16 Å². The van der Waals surface area contributed by atoms with E-state index >= 15 is 0 Å². The first-order valence-electron chi connectivity index (χ1n) is 4.12. The average Bonchev–Trinajstić information content (AvgIpc) is 2.48. The van der Waals surface area contributed by atoms with Crippen LogP contribution in [-0.4, -0.2) is 16.4 Å². The molecule has 0 aliphatic carbocycles. The van der Waals surface area contributed by atoms with E-state index in [4.69, 9.17) is 0 Å². The summed E-state index contributed by atoms with van der Waals surface area (Å²) in [5.74, 6) is 0. The zero-order chi connectivity index (χ0) is 10.8. The van der Waals surface area contributed by atoms with Crippen LogP contribution >= 0.6 is 0 Å². The van der Waals surface area contributed by atoms with Gasteiger partial charge >= 0.3 is 6.18 Å². The van der Waals surface area contributed by atoms with Gasteiger partial charge in [-0.25, -0.2) is 0 Å². The summed E-state index contributed by atoms with van der Waals surface area (Å²) in [5.41, 5.74) is -0.128. The Morgan fingerprint density at radius 3 is 2.71 bits per heavy atom. The van der Waals surface area contributed by atoms with Gasteiger partial charge in [0, 0.05) is 5.56 Å². The molecule has 1 aromatic heterocycles. The minimum absolute atomic E-state index is 0.0233. The molecular formula is C8H10F3NO2. The topological polar surface area (TPSA) is 46.3 Å². The molecule has 1 unspecified atom stereocenters. The maximum Gasteiger partial charge on any atom is 0.393 e. The number of halogens is 3. The lowest BCUT2D eigenvalue weighted by Crippen LogP contribution is -2.13. The molecular weight excluding hydrogens is 199 g/mol. The molecule has 0 aliphatic rings. The van der Waals surface area contributed by atoms with Crippen LogP contribution in [0.25, 0.3) is 0 Å². The Hall–Kier alpha value is -1.04. The van der Waals surface area contributed by atoms with E-state index < -0.39 is 18.7 Å². The molecule has 0 aromatic carbocycles. The lowest BCUT2D eigenvalue weighted by Gasteiger charge is -2.08. The molecule has 1 N–H and O–H groups in total. The molecule has 3 nitrogen and oxygen atoms in total. The number of hydrogen-bond donors (Lipinski definition) is 1. The molecule has 6 heteroatoms. The molecule has 0 fully saturated rings. The summed E-state index contributed by atoms with van der Waals surface area (Å²) in [6.45, 7) is 1.65. The first-order valence-corrected chi connectivity index (χ1v) is 4.12. The van der Waals surface area contributed by atoms with Crippen molar-refractivity contribution in [2.24, 2.45) is 0 Å². The number of nitrogens with zero attached hydrogens (tertiary/aromatic N) is 1. The van der Waals surface area contributed by atoms with Gasteiger partial charge in [0.05, 0.1) is 12.5 Å². The van der Waals surface area contributed by atoms with E-state index in [9.17, 15) is 18.3 Å². The Bertz CT molecular complexity index is 295. The summed E-state index contributed by atoms with van der Waals surface area (Å²) in [5, 5.41) is 12.7. The highest BCUT2D eigenvalue weighted by Gasteiger charge is 2.31. The number of aliphatic hydroxyl groups excluding tert-OH is 1. The van der Waals surface area contributed by atoms with Gasteiger partial charge in [0.1, 0.15) is 12.0 Å². The molecule has 0 amide bonds. The van der Waals surface area contributed by atoms with Gasteiger partial charge in [0.15, 0.2) is 0 Å². The minimum atomic E-state index is -4.31. The van der Waals surface area contributed by atoms with Gasteiger partial charge in [-0.1, -0.05) is 12.1 Å². The van der Waals surface area contributed by atoms with Crippen LogP contribution in [0.15, 0.2) is 10.8 Å². The van der Waals surface area contributed by atoms with Crippen molar-refractivity contribution >= 4 is 0 Å². The second-order valence-corrected chi connectivity index (χ2v) is 2.94. The first-order chi connectivity index (χ1) is 6.44. The third-order valence-electron chi connectivity index (χ3n) is 1.77. The van der Waals surface area contributed by atoms with Crippen LogP contribution in [0.5, 0.6) is 0 Å². The van der Waals surface area contributed by atoms with Crippen molar-refractivity contribution in [2.45, 2.75) is 32.0 Å². The molecule has 80 valence electrons. The predicted octanol–water partition coefficient (Wildman–Crippen LogP) is 2.22. The van der Waals surface area contributed by atoms with E-state index in [2.05, 4.69) is 9.68 Å². The van der Waals surface area contributed by atoms with Crippen LogP contribution in [0.3, 0.4) is 0 Å². The highest BCUT2D eigenvalue weighted by Crippen LogP contribution is 2.26. The van der Waals surface area contributed by atoms with Crippen LogP contribution in [0.1, 0.15) is 30.7 Å². The molecule has 0 bridgehead atoms. The molecule has 0 radical (unpaired) electrons. The second kappa shape index (κ2) is 4.00. The Balaban J connectivity index is 2.82. The Labute approximate surface area is 78.5 Å². The standard InChI is InChI=1S/C8H10F3NO2/c1-2-6(13)7-5(4-14-12-7)3-8(9,10)11/h4,6,13H,2-3H2,1H3. The molecule has 0 saturated heterocycles. The van der Waals surface area contributed by atoms with Crippen molar-refractivity contribution < 1.29 is 22.8 Å². The fourth-order valence-electron chi connectivity index (χ4n) is 1.08. The summed E-state index contributed by atoms with van der Waals surface area (Å²) in [6, 6.07) is 0. The smallest absolute Gasteiger partial charge is 0.387 e. The molecule has 0 spiro atoms. The SMILES string of the molecule is CCC(O)c1nocc1CC(F)(F)F. The van der Waals surface area contributed by atoms with Crippen molar-refractivity contribution in [3.63, 3.8) is 0 Å². The fraction of sp³-hybridized carbons (Fsp3) is 0.625. The average molecular weight is 209 g/mol. The van der Waals surface area contributed by atoms with Crippen molar-refractivity contribution in [3.05, 3.63) is 17.5 Å². The quantitative estimate of drug-likeness (QED) is 0.830. The number of aromatic nitrogens is 1. The van der Waals surface area contributed by atoms with Gasteiger partial charge in [-0.2, -0.15) is 13.2 Å². The summed E-state index contributed by atoms with van der Waals surface area (Å²) >= 11 is 0. The lowest BCUT2D eigenvalue weighted by atomic mass is 10.1. The predicted molar refractivity (Wildman–Crippen MR) is 41.5 cm³/mol. The number of aliphatic hydroxyl groups is 1. The maximum atomic E-state index is 12.0. The minimum Gasteiger partial charge on any atom is -0.387 e. The third kappa shape index (κ3) is 2.73. The summed E-state index contributed by atoms with van der Waals surface area (Å²) in [4.78, 5) is 0. The molecule has 1 heterocycles. The van der Waals surface area contributed by atoms with E-state index in [1.54, 1.807) is 6.92 Å². The largest absolute Gasteiger partial charge is 0.393 e. The first kappa shape index (κ1) is 11.0. The molecule has 0 saturated carbocycles. The molecule has 1 aromatic rings. The van der Waals surface area contributed by atoms with Gasteiger partial charge < -0.3 is 9.63 Å². The van der Waals surface area contributed by atoms with E-state index in [0.717, 1.165) is 6.26 Å². The van der Waals surface area contributed by atoms with Crippen LogP contribution in [0, 0.1) is 0 Å². The van der Waals surface area contributed by atoms with Crippen LogP contribution < -0.4 is 0 Å². The number of alkyl halides is 3. The van der Waals surface area contributed by atoms with Crippen molar-refractivity contribution in [3.8, 4) is 0 Å². The normalized spacial score (nSPS) is 14.4. The van der Waals surface area contributed by atoms with Crippen molar-refractivity contribution in [2.75, 3.05) is 0 Å². The second-order valence-electron chi connectivity index (χ2n) is 2.94. The van der Waals surface area contributed by atoms with Gasteiger partial charge in [0.25, 0.3) is 0 Å². The number of rotatable bonds is 3. The molecule has 1 atom stereocenters. The van der Waals surface area contributed by atoms with Gasteiger partial charge in [0.2, 0.25) is 0 Å². The van der Waals surface area contributed by atoms with E-state index in [1.165, 1.54) is 0 Å². The maximum absolute atomic E-state index is 12.0.